The monoisotopic (exact) mass is 317 g/mol. The number of carbonyl (C=O) groups is 2. The Morgan fingerprint density at radius 1 is 1.14 bits per heavy atom. The third-order valence-corrected chi connectivity index (χ3v) is 5.21. The zero-order valence-electron chi connectivity index (χ0n) is 11.5. The fourth-order valence-electron chi connectivity index (χ4n) is 2.78. The molecule has 0 radical (unpaired) electrons. The van der Waals surface area contributed by atoms with Crippen LogP contribution in [0.2, 0.25) is 0 Å². The predicted molar refractivity (Wildman–Crippen MR) is 89.1 cm³/mol. The molecule has 1 aromatic carbocycles. The minimum atomic E-state index is 0.0244. The average Bonchev–Trinajstić information content (AvgIpc) is 3.09. The maximum Gasteiger partial charge on any atom is 0.266 e. The Bertz CT molecular complexity index is 616. The van der Waals surface area contributed by atoms with Crippen LogP contribution in [0.1, 0.15) is 41.6 Å². The lowest BCUT2D eigenvalue weighted by Crippen LogP contribution is -2.36. The lowest BCUT2D eigenvalue weighted by atomic mass is 10.1. The molecule has 1 amide bonds. The first kappa shape index (κ1) is 14.5. The van der Waals surface area contributed by atoms with Crippen molar-refractivity contribution in [2.45, 2.75) is 31.7 Å². The molecule has 108 valence electrons. The van der Waals surface area contributed by atoms with Gasteiger partial charge in [0.05, 0.1) is 4.91 Å². The van der Waals surface area contributed by atoms with Crippen molar-refractivity contribution >= 4 is 46.6 Å². The highest BCUT2D eigenvalue weighted by Crippen LogP contribution is 2.37. The van der Waals surface area contributed by atoms with Gasteiger partial charge in [-0.3, -0.25) is 14.5 Å². The summed E-state index contributed by atoms with van der Waals surface area (Å²) in [4.78, 5) is 25.6. The van der Waals surface area contributed by atoms with E-state index in [2.05, 4.69) is 0 Å². The Labute approximate surface area is 133 Å². The standard InChI is InChI=1S/C16H15NO2S2/c18-10-12-7-5-11(6-8-12)9-14-15(19)17(16(20)21-14)13-3-1-2-4-13/h5-10,13H,1-4H2/b14-9-. The van der Waals surface area contributed by atoms with Crippen molar-refractivity contribution in [1.29, 1.82) is 0 Å². The molecule has 0 atom stereocenters. The largest absolute Gasteiger partial charge is 0.298 e. The quantitative estimate of drug-likeness (QED) is 0.484. The van der Waals surface area contributed by atoms with Crippen molar-refractivity contribution < 1.29 is 9.59 Å². The molecule has 1 heterocycles. The van der Waals surface area contributed by atoms with E-state index in [-0.39, 0.29) is 11.9 Å². The number of thiocarbonyl (C=S) groups is 1. The minimum absolute atomic E-state index is 0.0244. The lowest BCUT2D eigenvalue weighted by molar-refractivity contribution is -0.123. The SMILES string of the molecule is O=Cc1ccc(/C=C2\SC(=S)N(C3CCCC3)C2=O)cc1. The van der Waals surface area contributed by atoms with E-state index in [1.807, 2.05) is 18.2 Å². The Morgan fingerprint density at radius 3 is 2.38 bits per heavy atom. The molecule has 0 N–H and O–H groups in total. The summed E-state index contributed by atoms with van der Waals surface area (Å²) in [5.74, 6) is 0.0244. The number of thioether (sulfide) groups is 1. The highest BCUT2D eigenvalue weighted by Gasteiger charge is 2.37. The van der Waals surface area contributed by atoms with Crippen molar-refractivity contribution in [3.8, 4) is 0 Å². The van der Waals surface area contributed by atoms with Gasteiger partial charge in [0.25, 0.3) is 5.91 Å². The van der Waals surface area contributed by atoms with E-state index in [1.165, 1.54) is 24.6 Å². The van der Waals surface area contributed by atoms with E-state index in [0.29, 0.717) is 14.8 Å². The van der Waals surface area contributed by atoms with Gasteiger partial charge in [0, 0.05) is 11.6 Å². The van der Waals surface area contributed by atoms with Crippen LogP contribution in [-0.4, -0.2) is 27.5 Å². The molecule has 1 saturated carbocycles. The maximum absolute atomic E-state index is 12.5. The smallest absolute Gasteiger partial charge is 0.266 e. The second-order valence-corrected chi connectivity index (χ2v) is 6.95. The Kier molecular flexibility index (Phi) is 4.22. The van der Waals surface area contributed by atoms with E-state index in [1.54, 1.807) is 17.0 Å². The van der Waals surface area contributed by atoms with Gasteiger partial charge in [0.15, 0.2) is 0 Å². The third-order valence-electron chi connectivity index (χ3n) is 3.88. The van der Waals surface area contributed by atoms with Crippen LogP contribution < -0.4 is 0 Å². The fourth-order valence-corrected chi connectivity index (χ4v) is 4.18. The fraction of sp³-hybridized carbons (Fsp3) is 0.312. The van der Waals surface area contributed by atoms with Gasteiger partial charge in [-0.15, -0.1) is 0 Å². The van der Waals surface area contributed by atoms with Gasteiger partial charge in [0.2, 0.25) is 0 Å². The van der Waals surface area contributed by atoms with Gasteiger partial charge < -0.3 is 0 Å². The van der Waals surface area contributed by atoms with Gasteiger partial charge in [-0.1, -0.05) is 61.1 Å². The molecule has 2 fully saturated rings. The molecule has 2 aliphatic rings. The number of benzene rings is 1. The molecule has 1 saturated heterocycles. The van der Waals surface area contributed by atoms with Crippen molar-refractivity contribution in [3.05, 3.63) is 40.3 Å². The van der Waals surface area contributed by atoms with Gasteiger partial charge in [-0.05, 0) is 24.5 Å². The van der Waals surface area contributed by atoms with E-state index in [4.69, 9.17) is 12.2 Å². The first-order valence-corrected chi connectivity index (χ1v) is 8.24. The van der Waals surface area contributed by atoms with E-state index in [9.17, 15) is 9.59 Å². The second kappa shape index (κ2) is 6.12. The summed E-state index contributed by atoms with van der Waals surface area (Å²) < 4.78 is 0.669. The first-order chi connectivity index (χ1) is 10.2. The van der Waals surface area contributed by atoms with Gasteiger partial charge in [0.1, 0.15) is 10.6 Å². The second-order valence-electron chi connectivity index (χ2n) is 5.27. The number of hydrogen-bond acceptors (Lipinski definition) is 4. The molecule has 0 aromatic heterocycles. The number of rotatable bonds is 3. The third kappa shape index (κ3) is 2.94. The van der Waals surface area contributed by atoms with Crippen molar-refractivity contribution in [3.63, 3.8) is 0 Å². The molecule has 3 nitrogen and oxygen atoms in total. The van der Waals surface area contributed by atoms with Crippen LogP contribution >= 0.6 is 24.0 Å². The summed E-state index contributed by atoms with van der Waals surface area (Å²) in [6.45, 7) is 0. The minimum Gasteiger partial charge on any atom is -0.298 e. The highest BCUT2D eigenvalue weighted by molar-refractivity contribution is 8.26. The maximum atomic E-state index is 12.5. The molecule has 21 heavy (non-hydrogen) atoms. The Balaban J connectivity index is 1.82. The Hall–Kier alpha value is -1.46. The van der Waals surface area contributed by atoms with Crippen molar-refractivity contribution in [1.82, 2.24) is 4.90 Å². The molecule has 0 spiro atoms. The van der Waals surface area contributed by atoms with Crippen LogP contribution in [0.15, 0.2) is 29.2 Å². The number of nitrogens with zero attached hydrogens (tertiary/aromatic N) is 1. The van der Waals surface area contributed by atoms with E-state index >= 15 is 0 Å². The molecule has 5 heteroatoms. The lowest BCUT2D eigenvalue weighted by Gasteiger charge is -2.21. The van der Waals surface area contributed by atoms with Crippen LogP contribution in [0.25, 0.3) is 6.08 Å². The molecule has 1 aliphatic carbocycles. The summed E-state index contributed by atoms with van der Waals surface area (Å²) in [6.07, 6.45) is 7.11. The zero-order chi connectivity index (χ0) is 14.8. The van der Waals surface area contributed by atoms with Crippen LogP contribution in [0.4, 0.5) is 0 Å². The predicted octanol–water partition coefficient (Wildman–Crippen LogP) is 3.64. The molecule has 3 rings (SSSR count). The summed E-state index contributed by atoms with van der Waals surface area (Å²) in [7, 11) is 0. The normalized spacial score (nSPS) is 21.5. The molecular weight excluding hydrogens is 302 g/mol. The number of hydrogen-bond donors (Lipinski definition) is 0. The number of carbonyl (C=O) groups excluding carboxylic acids is 2. The summed E-state index contributed by atoms with van der Waals surface area (Å²) in [5.41, 5.74) is 1.54. The van der Waals surface area contributed by atoms with Gasteiger partial charge in [-0.25, -0.2) is 0 Å². The molecule has 0 bridgehead atoms. The first-order valence-electron chi connectivity index (χ1n) is 7.01. The van der Waals surface area contributed by atoms with Crippen LogP contribution in [0, 0.1) is 0 Å². The molecule has 1 aromatic rings. The topological polar surface area (TPSA) is 37.4 Å². The summed E-state index contributed by atoms with van der Waals surface area (Å²) in [5, 5.41) is 0. The van der Waals surface area contributed by atoms with E-state index < -0.39 is 0 Å². The summed E-state index contributed by atoms with van der Waals surface area (Å²) in [6, 6.07) is 7.45. The molecule has 0 unspecified atom stereocenters. The molecular formula is C16H15NO2S2. The van der Waals surface area contributed by atoms with Crippen LogP contribution in [0.3, 0.4) is 0 Å². The van der Waals surface area contributed by atoms with Crippen LogP contribution in [-0.2, 0) is 4.79 Å². The van der Waals surface area contributed by atoms with Crippen molar-refractivity contribution in [2.24, 2.45) is 0 Å². The van der Waals surface area contributed by atoms with Gasteiger partial charge >= 0.3 is 0 Å². The molecule has 1 aliphatic heterocycles. The number of amides is 1. The number of aldehydes is 1. The van der Waals surface area contributed by atoms with Gasteiger partial charge in [-0.2, -0.15) is 0 Å². The zero-order valence-corrected chi connectivity index (χ0v) is 13.1. The summed E-state index contributed by atoms with van der Waals surface area (Å²) >= 11 is 6.74. The average molecular weight is 317 g/mol. The van der Waals surface area contributed by atoms with E-state index in [0.717, 1.165) is 24.7 Å². The Morgan fingerprint density at radius 2 is 1.76 bits per heavy atom. The highest BCUT2D eigenvalue weighted by atomic mass is 32.2. The van der Waals surface area contributed by atoms with Crippen LogP contribution in [0.5, 0.6) is 0 Å². The van der Waals surface area contributed by atoms with Crippen molar-refractivity contribution in [2.75, 3.05) is 0 Å².